The number of pyridine rings is 1. The van der Waals surface area contributed by atoms with Gasteiger partial charge in [-0.05, 0) is 44.9 Å². The number of nitrogens with one attached hydrogen (secondary N) is 2. The van der Waals surface area contributed by atoms with Gasteiger partial charge in [-0.2, -0.15) is 0 Å². The predicted octanol–water partition coefficient (Wildman–Crippen LogP) is 4.19. The van der Waals surface area contributed by atoms with Gasteiger partial charge in [-0.3, -0.25) is 19.4 Å². The third-order valence-corrected chi connectivity index (χ3v) is 6.49. The Labute approximate surface area is 234 Å². The summed E-state index contributed by atoms with van der Waals surface area (Å²) in [5.74, 6) is 0.363. The van der Waals surface area contributed by atoms with E-state index in [0.717, 1.165) is 0 Å². The molecule has 1 atom stereocenters. The van der Waals surface area contributed by atoms with E-state index < -0.39 is 29.3 Å². The smallest absolute Gasteiger partial charge is 0.248 e. The third-order valence-electron chi connectivity index (χ3n) is 6.49. The van der Waals surface area contributed by atoms with Gasteiger partial charge in [0.2, 0.25) is 17.7 Å². The number of ether oxygens (including phenoxy) is 2. The fourth-order valence-electron chi connectivity index (χ4n) is 4.07. The number of methoxy groups -OCH3 is 2. The topological polar surface area (TPSA) is 136 Å². The van der Waals surface area contributed by atoms with Crippen LogP contribution in [0.5, 0.6) is 11.5 Å². The van der Waals surface area contributed by atoms with Crippen LogP contribution in [0.2, 0.25) is 0 Å². The fraction of sp³-hybridized carbons (Fsp3) is 0.414. The number of aromatic nitrogens is 2. The summed E-state index contributed by atoms with van der Waals surface area (Å²) in [4.78, 5) is 46.1. The highest BCUT2D eigenvalue weighted by Gasteiger charge is 2.36. The van der Waals surface area contributed by atoms with Gasteiger partial charge in [0.15, 0.2) is 17.3 Å². The molecular formula is C29H37N5O6. The molecule has 0 bridgehead atoms. The number of carbonyl (C=O) groups excluding carboxylic acids is 3. The summed E-state index contributed by atoms with van der Waals surface area (Å²) in [6.45, 7) is 7.57. The zero-order valence-electron chi connectivity index (χ0n) is 23.8. The summed E-state index contributed by atoms with van der Waals surface area (Å²) in [5.41, 5.74) is 0.624. The number of nitrogens with zero attached hydrogens (tertiary/aromatic N) is 3. The van der Waals surface area contributed by atoms with E-state index in [1.54, 1.807) is 49.6 Å². The predicted molar refractivity (Wildman–Crippen MR) is 149 cm³/mol. The maximum absolute atomic E-state index is 14.0. The lowest BCUT2D eigenvalue weighted by atomic mass is 9.97. The number of para-hydroxylation sites is 1. The highest BCUT2D eigenvalue weighted by atomic mass is 16.5. The Hall–Kier alpha value is -4.41. The number of hydrogen-bond acceptors (Lipinski definition) is 8. The number of amides is 3. The van der Waals surface area contributed by atoms with Crippen molar-refractivity contribution in [3.63, 3.8) is 0 Å². The maximum Gasteiger partial charge on any atom is 0.248 e. The van der Waals surface area contributed by atoms with Crippen molar-refractivity contribution in [3.05, 3.63) is 65.7 Å². The summed E-state index contributed by atoms with van der Waals surface area (Å²) in [5, 5.41) is 9.45. The third kappa shape index (κ3) is 7.81. The van der Waals surface area contributed by atoms with Gasteiger partial charge in [0.1, 0.15) is 11.8 Å². The molecule has 0 saturated carbocycles. The van der Waals surface area contributed by atoms with Gasteiger partial charge in [0, 0.05) is 48.9 Å². The molecule has 0 aliphatic heterocycles. The number of rotatable bonds is 13. The zero-order chi connectivity index (χ0) is 29.3. The van der Waals surface area contributed by atoms with Crippen LogP contribution in [-0.4, -0.2) is 52.5 Å². The minimum atomic E-state index is -1.09. The van der Waals surface area contributed by atoms with Crippen LogP contribution in [0.3, 0.4) is 0 Å². The Kier molecular flexibility index (Phi) is 10.2. The van der Waals surface area contributed by atoms with Crippen LogP contribution in [0, 0.1) is 6.92 Å². The minimum Gasteiger partial charge on any atom is -0.493 e. The number of hydrogen-bond donors (Lipinski definition) is 2. The summed E-state index contributed by atoms with van der Waals surface area (Å²) < 4.78 is 16.1. The van der Waals surface area contributed by atoms with Crippen LogP contribution >= 0.6 is 0 Å². The summed E-state index contributed by atoms with van der Waals surface area (Å²) in [6, 6.07) is 9.25. The Morgan fingerprint density at radius 3 is 2.48 bits per heavy atom. The lowest BCUT2D eigenvalue weighted by Gasteiger charge is -2.35. The van der Waals surface area contributed by atoms with Gasteiger partial charge in [0.05, 0.1) is 14.2 Å². The van der Waals surface area contributed by atoms with Gasteiger partial charge in [-0.1, -0.05) is 30.3 Å². The molecule has 0 aliphatic carbocycles. The number of carbonyl (C=O) groups is 3. The van der Waals surface area contributed by atoms with Crippen molar-refractivity contribution in [1.29, 1.82) is 0 Å². The summed E-state index contributed by atoms with van der Waals surface area (Å²) in [6.07, 6.45) is 3.64. The van der Waals surface area contributed by atoms with Crippen molar-refractivity contribution < 1.29 is 28.4 Å². The summed E-state index contributed by atoms with van der Waals surface area (Å²) >= 11 is 0. The van der Waals surface area contributed by atoms with Crippen LogP contribution in [-0.2, 0) is 20.9 Å². The van der Waals surface area contributed by atoms with Gasteiger partial charge < -0.3 is 29.5 Å². The van der Waals surface area contributed by atoms with E-state index in [2.05, 4.69) is 20.8 Å². The molecule has 3 aromatic rings. The first-order chi connectivity index (χ1) is 19.1. The molecule has 40 heavy (non-hydrogen) atoms. The molecule has 3 amide bonds. The first kappa shape index (κ1) is 30.1. The Balaban J connectivity index is 2.01. The number of benzene rings is 1. The molecule has 2 aromatic heterocycles. The second kappa shape index (κ2) is 13.6. The lowest BCUT2D eigenvalue weighted by Crippen LogP contribution is -2.50. The van der Waals surface area contributed by atoms with Crippen molar-refractivity contribution in [3.8, 4) is 11.5 Å². The lowest BCUT2D eigenvalue weighted by molar-refractivity contribution is -0.143. The Morgan fingerprint density at radius 2 is 1.88 bits per heavy atom. The van der Waals surface area contributed by atoms with Crippen LogP contribution in [0.15, 0.2) is 53.3 Å². The molecule has 2 heterocycles. The first-order valence-corrected chi connectivity index (χ1v) is 13.0. The van der Waals surface area contributed by atoms with Crippen LogP contribution in [0.1, 0.15) is 63.0 Å². The highest BCUT2D eigenvalue weighted by Crippen LogP contribution is 2.38. The number of aryl methyl sites for hydroxylation is 1. The molecule has 11 nitrogen and oxygen atoms in total. The maximum atomic E-state index is 14.0. The molecule has 0 spiro atoms. The first-order valence-electron chi connectivity index (χ1n) is 13.0. The average Bonchev–Trinajstić information content (AvgIpc) is 3.35. The average molecular weight is 552 g/mol. The van der Waals surface area contributed by atoms with E-state index in [1.807, 2.05) is 26.8 Å². The van der Waals surface area contributed by atoms with Gasteiger partial charge >= 0.3 is 0 Å². The van der Waals surface area contributed by atoms with Crippen LogP contribution in [0.4, 0.5) is 5.82 Å². The van der Waals surface area contributed by atoms with Crippen molar-refractivity contribution in [2.24, 2.45) is 0 Å². The molecule has 3 rings (SSSR count). The van der Waals surface area contributed by atoms with Crippen molar-refractivity contribution in [1.82, 2.24) is 20.4 Å². The molecule has 0 aliphatic rings. The van der Waals surface area contributed by atoms with E-state index in [-0.39, 0.29) is 25.2 Å². The molecular weight excluding hydrogens is 514 g/mol. The molecule has 0 fully saturated rings. The monoisotopic (exact) mass is 551 g/mol. The second-order valence-electron chi connectivity index (χ2n) is 9.97. The van der Waals surface area contributed by atoms with Crippen LogP contribution in [0.25, 0.3) is 0 Å². The van der Waals surface area contributed by atoms with E-state index in [0.29, 0.717) is 34.8 Å². The molecule has 2 N–H and O–H groups in total. The van der Waals surface area contributed by atoms with E-state index >= 15 is 0 Å². The normalized spacial score (nSPS) is 11.8. The quantitative estimate of drug-likeness (QED) is 0.323. The van der Waals surface area contributed by atoms with Crippen molar-refractivity contribution in [2.45, 2.75) is 65.1 Å². The largest absolute Gasteiger partial charge is 0.493 e. The molecule has 1 aromatic carbocycles. The molecule has 11 heteroatoms. The molecule has 0 unspecified atom stereocenters. The molecule has 0 saturated heterocycles. The zero-order valence-corrected chi connectivity index (χ0v) is 23.8. The standard InChI is InChI=1S/C29H37N5O6/c1-7-29(3,4)32-28(37)26(21-11-8-12-22(38-5)27(21)39-6)34(18-20-10-9-15-30-17-20)25(36)14-13-24(35)31-23-16-19(2)40-33-23/h8-12,15-17,26H,7,13-14,18H2,1-6H3,(H,32,37)(H,31,33,35)/t26-/m0/s1. The fourth-order valence-corrected chi connectivity index (χ4v) is 4.07. The van der Waals surface area contributed by atoms with Gasteiger partial charge in [-0.25, -0.2) is 0 Å². The highest BCUT2D eigenvalue weighted by molar-refractivity contribution is 5.94. The van der Waals surface area contributed by atoms with E-state index in [4.69, 9.17) is 14.0 Å². The van der Waals surface area contributed by atoms with Crippen LogP contribution < -0.4 is 20.1 Å². The molecule has 0 radical (unpaired) electrons. The van der Waals surface area contributed by atoms with Crippen molar-refractivity contribution in [2.75, 3.05) is 19.5 Å². The Bertz CT molecular complexity index is 1310. The Morgan fingerprint density at radius 1 is 1.10 bits per heavy atom. The summed E-state index contributed by atoms with van der Waals surface area (Å²) in [7, 11) is 2.99. The minimum absolute atomic E-state index is 0.0712. The molecule has 214 valence electrons. The van der Waals surface area contributed by atoms with Gasteiger partial charge in [-0.15, -0.1) is 0 Å². The second-order valence-corrected chi connectivity index (χ2v) is 9.97. The SMILES string of the molecule is CCC(C)(C)NC(=O)[C@H](c1cccc(OC)c1OC)N(Cc1cccnc1)C(=O)CCC(=O)Nc1cc(C)on1. The van der Waals surface area contributed by atoms with Crippen molar-refractivity contribution >= 4 is 23.5 Å². The van der Waals surface area contributed by atoms with E-state index in [1.165, 1.54) is 19.1 Å². The van der Waals surface area contributed by atoms with Gasteiger partial charge in [0.25, 0.3) is 0 Å². The van der Waals surface area contributed by atoms with E-state index in [9.17, 15) is 14.4 Å². The number of anilines is 1.